The maximum atomic E-state index is 13.5. The van der Waals surface area contributed by atoms with E-state index in [0.717, 1.165) is 5.01 Å². The quantitative estimate of drug-likeness (QED) is 0.724. The van der Waals surface area contributed by atoms with E-state index in [1.54, 1.807) is 20.8 Å². The first-order valence-corrected chi connectivity index (χ1v) is 9.25. The molecule has 2 heterocycles. The van der Waals surface area contributed by atoms with E-state index in [9.17, 15) is 13.6 Å². The number of hydrogen-bond donors (Lipinski definition) is 1. The summed E-state index contributed by atoms with van der Waals surface area (Å²) in [4.78, 5) is 13.2. The molecule has 0 aliphatic carbocycles. The van der Waals surface area contributed by atoms with Crippen LogP contribution in [0.5, 0.6) is 5.75 Å². The first-order chi connectivity index (χ1) is 12.6. The third-order valence-corrected chi connectivity index (χ3v) is 4.99. The van der Waals surface area contributed by atoms with Crippen molar-refractivity contribution in [1.29, 1.82) is 0 Å². The highest BCUT2D eigenvalue weighted by Gasteiger charge is 2.48. The van der Waals surface area contributed by atoms with Crippen molar-refractivity contribution in [2.45, 2.75) is 46.0 Å². The molecule has 2 atom stereocenters. The molecule has 1 N–H and O–H groups in total. The number of carbonyl (C=O) groups excluding carboxylic acids is 1. The highest BCUT2D eigenvalue weighted by Crippen LogP contribution is 2.40. The Morgan fingerprint density at radius 3 is 2.52 bits per heavy atom. The van der Waals surface area contributed by atoms with Crippen LogP contribution in [0.3, 0.4) is 0 Å². The lowest BCUT2D eigenvalue weighted by molar-refractivity contribution is -0.0382. The van der Waals surface area contributed by atoms with Crippen LogP contribution in [0.2, 0.25) is 10.0 Å². The first-order valence-electron chi connectivity index (χ1n) is 8.50. The summed E-state index contributed by atoms with van der Waals surface area (Å²) in [7, 11) is 0. The van der Waals surface area contributed by atoms with Crippen molar-refractivity contribution >= 4 is 34.9 Å². The van der Waals surface area contributed by atoms with E-state index < -0.39 is 24.2 Å². The van der Waals surface area contributed by atoms with Crippen molar-refractivity contribution in [3.8, 4) is 5.75 Å². The molecule has 0 spiro atoms. The Kier molecular flexibility index (Phi) is 5.72. The normalized spacial score (nSPS) is 23.6. The highest BCUT2D eigenvalue weighted by molar-refractivity contribution is 6.37. The van der Waals surface area contributed by atoms with Gasteiger partial charge >= 0.3 is 12.6 Å². The zero-order chi connectivity index (χ0) is 19.9. The average Bonchev–Trinajstić information content (AvgIpc) is 3.17. The summed E-state index contributed by atoms with van der Waals surface area (Å²) in [5.41, 5.74) is 2.38. The summed E-state index contributed by atoms with van der Waals surface area (Å²) >= 11 is 12.4. The molecule has 6 nitrogen and oxygen atoms in total. The number of hydrogen-bond acceptors (Lipinski definition) is 4. The third kappa shape index (κ3) is 4.08. The van der Waals surface area contributed by atoms with Crippen LogP contribution in [0, 0.1) is 5.41 Å². The minimum Gasteiger partial charge on any atom is -0.486 e. The zero-order valence-corrected chi connectivity index (χ0v) is 16.7. The Bertz CT molecular complexity index is 724. The van der Waals surface area contributed by atoms with E-state index in [-0.39, 0.29) is 21.8 Å². The predicted octanol–water partition coefficient (Wildman–Crippen LogP) is 4.50. The smallest absolute Gasteiger partial charge is 0.344 e. The molecule has 2 fully saturated rings. The van der Waals surface area contributed by atoms with Gasteiger partial charge in [0.2, 0.25) is 0 Å². The van der Waals surface area contributed by atoms with Crippen molar-refractivity contribution < 1.29 is 23.0 Å². The topological polar surface area (TPSA) is 54.0 Å². The van der Waals surface area contributed by atoms with Gasteiger partial charge in [-0.3, -0.25) is 0 Å². The third-order valence-electron chi connectivity index (χ3n) is 4.40. The van der Waals surface area contributed by atoms with Crippen LogP contribution >= 0.6 is 23.2 Å². The van der Waals surface area contributed by atoms with Gasteiger partial charge in [0.25, 0.3) is 0 Å². The largest absolute Gasteiger partial charge is 0.486 e. The van der Waals surface area contributed by atoms with E-state index in [2.05, 4.69) is 5.43 Å². The molecule has 2 unspecified atom stereocenters. The number of nitrogens with zero attached hydrogens (tertiary/aromatic N) is 2. The van der Waals surface area contributed by atoms with Crippen molar-refractivity contribution in [3.63, 3.8) is 0 Å². The molecule has 10 heteroatoms. The Morgan fingerprint density at radius 2 is 2.00 bits per heavy atom. The summed E-state index contributed by atoms with van der Waals surface area (Å²) in [6.45, 7) is 3.33. The highest BCUT2D eigenvalue weighted by atomic mass is 35.5. The second-order valence-corrected chi connectivity index (χ2v) is 8.35. The van der Waals surface area contributed by atoms with Gasteiger partial charge in [-0.2, -0.15) is 8.78 Å². The zero-order valence-electron chi connectivity index (χ0n) is 15.1. The van der Waals surface area contributed by atoms with Gasteiger partial charge < -0.3 is 9.47 Å². The standard InChI is InChI=1S/C17H21Cl2F2N3O3/c1-17(2,3)14-22-24(16(25)23(14)15(20)21)12-7-13(11(19)6-10(12)18)27-9-4-5-26-8-9/h6-7,9,14-15,22H,4-5,8H2,1-3H3. The van der Waals surface area contributed by atoms with Crippen molar-refractivity contribution in [1.82, 2.24) is 10.3 Å². The number of urea groups is 1. The molecular formula is C17H21Cl2F2N3O3. The molecule has 3 rings (SSSR count). The molecule has 150 valence electrons. The molecule has 1 aromatic rings. The molecule has 1 aromatic carbocycles. The fourth-order valence-corrected chi connectivity index (χ4v) is 3.52. The van der Waals surface area contributed by atoms with Crippen LogP contribution in [0.15, 0.2) is 12.1 Å². The molecule has 2 aliphatic rings. The fraction of sp³-hybridized carbons (Fsp3) is 0.588. The van der Waals surface area contributed by atoms with Gasteiger partial charge in [0.05, 0.1) is 28.9 Å². The monoisotopic (exact) mass is 423 g/mol. The Labute approximate surface area is 166 Å². The lowest BCUT2D eigenvalue weighted by Crippen LogP contribution is -2.49. The molecular weight excluding hydrogens is 403 g/mol. The van der Waals surface area contributed by atoms with Gasteiger partial charge in [0.15, 0.2) is 0 Å². The molecule has 0 bridgehead atoms. The van der Waals surface area contributed by atoms with Gasteiger partial charge in [0.1, 0.15) is 18.0 Å². The van der Waals surface area contributed by atoms with E-state index >= 15 is 0 Å². The minimum atomic E-state index is -2.96. The molecule has 2 saturated heterocycles. The predicted molar refractivity (Wildman–Crippen MR) is 98.4 cm³/mol. The number of ether oxygens (including phenoxy) is 2. The van der Waals surface area contributed by atoms with Crippen LogP contribution in [0.25, 0.3) is 0 Å². The summed E-state index contributed by atoms with van der Waals surface area (Å²) in [6, 6.07) is 2.00. The number of anilines is 1. The van der Waals surface area contributed by atoms with Crippen LogP contribution in [-0.4, -0.2) is 43.0 Å². The van der Waals surface area contributed by atoms with Crippen molar-refractivity contribution in [2.24, 2.45) is 5.41 Å². The lowest BCUT2D eigenvalue weighted by Gasteiger charge is -2.32. The van der Waals surface area contributed by atoms with Gasteiger partial charge in [-0.1, -0.05) is 44.0 Å². The molecule has 2 aliphatic heterocycles. The summed E-state index contributed by atoms with van der Waals surface area (Å²) in [5, 5.41) is 1.42. The number of hydrazine groups is 1. The maximum Gasteiger partial charge on any atom is 0.344 e. The van der Waals surface area contributed by atoms with E-state index in [4.69, 9.17) is 32.7 Å². The summed E-state index contributed by atoms with van der Waals surface area (Å²) in [5.74, 6) is 0.309. The Hall–Kier alpha value is -1.35. The van der Waals surface area contributed by atoms with Gasteiger partial charge in [-0.25, -0.2) is 20.1 Å². The lowest BCUT2D eigenvalue weighted by atomic mass is 9.92. The summed E-state index contributed by atoms with van der Waals surface area (Å²) < 4.78 is 38.1. The van der Waals surface area contributed by atoms with Crippen molar-refractivity contribution in [2.75, 3.05) is 18.2 Å². The maximum absolute atomic E-state index is 13.5. The molecule has 2 amide bonds. The van der Waals surface area contributed by atoms with E-state index in [0.29, 0.717) is 30.3 Å². The number of benzene rings is 1. The number of nitrogens with one attached hydrogen (secondary N) is 1. The van der Waals surface area contributed by atoms with Gasteiger partial charge in [-0.05, 0) is 11.5 Å². The van der Waals surface area contributed by atoms with Gasteiger partial charge in [0, 0.05) is 12.5 Å². The van der Waals surface area contributed by atoms with Crippen LogP contribution in [-0.2, 0) is 4.74 Å². The fourth-order valence-electron chi connectivity index (χ4n) is 3.01. The second-order valence-electron chi connectivity index (χ2n) is 7.54. The van der Waals surface area contributed by atoms with Crippen molar-refractivity contribution in [3.05, 3.63) is 22.2 Å². The molecule has 0 radical (unpaired) electrons. The molecule has 27 heavy (non-hydrogen) atoms. The number of alkyl halides is 2. The minimum absolute atomic E-state index is 0.139. The van der Waals surface area contributed by atoms with Crippen LogP contribution in [0.1, 0.15) is 27.2 Å². The average molecular weight is 424 g/mol. The number of amides is 2. The Balaban J connectivity index is 1.94. The van der Waals surface area contributed by atoms with E-state index in [1.807, 2.05) is 0 Å². The number of halogens is 4. The van der Waals surface area contributed by atoms with Crippen LogP contribution < -0.4 is 15.2 Å². The first kappa shape index (κ1) is 20.4. The number of carbonyl (C=O) groups is 1. The van der Waals surface area contributed by atoms with Crippen LogP contribution in [0.4, 0.5) is 19.3 Å². The second kappa shape index (κ2) is 7.58. The summed E-state index contributed by atoms with van der Waals surface area (Å²) in [6.07, 6.45) is -0.372. The van der Waals surface area contributed by atoms with Gasteiger partial charge in [-0.15, -0.1) is 0 Å². The molecule has 0 saturated carbocycles. The van der Waals surface area contributed by atoms with E-state index in [1.165, 1.54) is 12.1 Å². The number of rotatable bonds is 4. The SMILES string of the molecule is CC(C)(C)C1NN(c2cc(OC3CCOC3)c(Cl)cc2Cl)C(=O)N1C(F)F. The Morgan fingerprint density at radius 1 is 1.30 bits per heavy atom. The molecule has 0 aromatic heterocycles.